The van der Waals surface area contributed by atoms with E-state index in [1.165, 1.54) is 12.1 Å². The van der Waals surface area contributed by atoms with Crippen LogP contribution in [0.15, 0.2) is 60.3 Å². The van der Waals surface area contributed by atoms with Gasteiger partial charge >= 0.3 is 0 Å². The molecule has 2 aromatic carbocycles. The molecule has 0 saturated heterocycles. The second-order valence-corrected chi connectivity index (χ2v) is 5.68. The molecule has 3 N–H and O–H groups in total. The second kappa shape index (κ2) is 7.67. The van der Waals surface area contributed by atoms with Crippen molar-refractivity contribution in [1.82, 2.24) is 4.90 Å². The van der Waals surface area contributed by atoms with Crippen LogP contribution in [0.1, 0.15) is 0 Å². The van der Waals surface area contributed by atoms with E-state index in [1.807, 2.05) is 6.07 Å². The van der Waals surface area contributed by atoms with Crippen LogP contribution in [0.5, 0.6) is 0 Å². The number of para-hydroxylation sites is 1. The predicted molar refractivity (Wildman–Crippen MR) is 98.3 cm³/mol. The number of benzene rings is 2. The van der Waals surface area contributed by atoms with Crippen molar-refractivity contribution in [1.29, 1.82) is 0 Å². The average molecular weight is 368 g/mol. The Bertz CT molecular complexity index is 927. The van der Waals surface area contributed by atoms with Gasteiger partial charge in [-0.2, -0.15) is 0 Å². The Balaban J connectivity index is 1.83. The number of imide groups is 1. The number of amides is 2. The molecular formula is C18H16N4O5. The lowest BCUT2D eigenvalue weighted by atomic mass is 10.2. The molecule has 138 valence electrons. The van der Waals surface area contributed by atoms with Crippen molar-refractivity contribution in [2.75, 3.05) is 23.8 Å². The molecule has 0 bridgehead atoms. The minimum Gasteiger partial charge on any atom is -0.395 e. The number of carbonyl (C=O) groups excluding carboxylic acids is 2. The van der Waals surface area contributed by atoms with Crippen molar-refractivity contribution < 1.29 is 19.6 Å². The van der Waals surface area contributed by atoms with Crippen molar-refractivity contribution in [3.8, 4) is 0 Å². The molecule has 0 atom stereocenters. The number of aliphatic hydroxyl groups excluding tert-OH is 1. The van der Waals surface area contributed by atoms with Gasteiger partial charge < -0.3 is 15.7 Å². The van der Waals surface area contributed by atoms with Gasteiger partial charge in [0.05, 0.1) is 18.1 Å². The van der Waals surface area contributed by atoms with E-state index in [9.17, 15) is 19.7 Å². The summed E-state index contributed by atoms with van der Waals surface area (Å²) < 4.78 is 0. The molecule has 0 spiro atoms. The first kappa shape index (κ1) is 18.1. The molecule has 0 saturated carbocycles. The van der Waals surface area contributed by atoms with Crippen LogP contribution in [-0.4, -0.2) is 39.9 Å². The van der Waals surface area contributed by atoms with E-state index in [2.05, 4.69) is 10.6 Å². The van der Waals surface area contributed by atoms with E-state index in [4.69, 9.17) is 5.11 Å². The van der Waals surface area contributed by atoms with Crippen LogP contribution < -0.4 is 10.6 Å². The van der Waals surface area contributed by atoms with Crippen LogP contribution in [0.2, 0.25) is 0 Å². The predicted octanol–water partition coefficient (Wildman–Crippen LogP) is 2.00. The Labute approximate surface area is 154 Å². The van der Waals surface area contributed by atoms with Crippen LogP contribution in [0, 0.1) is 10.1 Å². The maximum atomic E-state index is 12.2. The van der Waals surface area contributed by atoms with E-state index in [0.29, 0.717) is 17.1 Å². The van der Waals surface area contributed by atoms with Gasteiger partial charge in [0.2, 0.25) is 0 Å². The van der Waals surface area contributed by atoms with Crippen molar-refractivity contribution in [3.05, 3.63) is 70.4 Å². The molecule has 2 amide bonds. The number of anilines is 3. The fraction of sp³-hybridized carbons (Fsp3) is 0.111. The van der Waals surface area contributed by atoms with E-state index < -0.39 is 16.7 Å². The molecule has 9 nitrogen and oxygen atoms in total. The average Bonchev–Trinajstić information content (AvgIpc) is 2.91. The van der Waals surface area contributed by atoms with Crippen LogP contribution in [-0.2, 0) is 9.59 Å². The molecule has 1 aliphatic heterocycles. The number of carbonyl (C=O) groups is 2. The SMILES string of the molecule is O=C1C=C(Nc2ccc(Nc3ccccc3)c([N+](=O)[O-])c2)C(=O)N1CCO. The number of nitrogens with one attached hydrogen (secondary N) is 2. The standard InChI is InChI=1S/C18H16N4O5/c23-9-8-21-17(24)11-15(18(21)25)20-13-6-7-14(16(10-13)22(26)27)19-12-4-2-1-3-5-12/h1-7,10-11,19-20,23H,8-9H2. The maximum absolute atomic E-state index is 12.2. The maximum Gasteiger partial charge on any atom is 0.294 e. The van der Waals surface area contributed by atoms with Crippen LogP contribution >= 0.6 is 0 Å². The zero-order valence-electron chi connectivity index (χ0n) is 14.1. The number of nitrogens with zero attached hydrogens (tertiary/aromatic N) is 2. The third-order valence-electron chi connectivity index (χ3n) is 3.86. The van der Waals surface area contributed by atoms with E-state index in [-0.39, 0.29) is 24.5 Å². The Morgan fingerprint density at radius 3 is 2.44 bits per heavy atom. The van der Waals surface area contributed by atoms with Crippen molar-refractivity contribution in [2.24, 2.45) is 0 Å². The van der Waals surface area contributed by atoms with Gasteiger partial charge in [-0.25, -0.2) is 0 Å². The molecule has 0 aromatic heterocycles. The lowest BCUT2D eigenvalue weighted by molar-refractivity contribution is -0.383. The van der Waals surface area contributed by atoms with Gasteiger partial charge in [-0.3, -0.25) is 24.6 Å². The molecule has 2 aromatic rings. The summed E-state index contributed by atoms with van der Waals surface area (Å²) in [6.07, 6.45) is 1.10. The summed E-state index contributed by atoms with van der Waals surface area (Å²) in [6.45, 7) is -0.455. The first-order valence-electron chi connectivity index (χ1n) is 8.05. The van der Waals surface area contributed by atoms with E-state index >= 15 is 0 Å². The monoisotopic (exact) mass is 368 g/mol. The first-order valence-corrected chi connectivity index (χ1v) is 8.05. The minimum absolute atomic E-state index is 0.00786. The van der Waals surface area contributed by atoms with Gasteiger partial charge in [-0.15, -0.1) is 0 Å². The molecule has 0 fully saturated rings. The van der Waals surface area contributed by atoms with Gasteiger partial charge in [-0.05, 0) is 24.3 Å². The molecule has 9 heteroatoms. The quantitative estimate of drug-likeness (QED) is 0.388. The highest BCUT2D eigenvalue weighted by atomic mass is 16.6. The summed E-state index contributed by atoms with van der Waals surface area (Å²) in [7, 11) is 0. The number of β-amino-alcohol motifs (C(OH)–C–C–N with tert-alkyl or cyclic N) is 1. The number of hydrogen-bond donors (Lipinski definition) is 3. The molecule has 1 aliphatic rings. The van der Waals surface area contributed by atoms with Gasteiger partial charge in [0, 0.05) is 23.5 Å². The number of aliphatic hydroxyl groups is 1. The van der Waals surface area contributed by atoms with Crippen LogP contribution in [0.25, 0.3) is 0 Å². The molecule has 3 rings (SSSR count). The van der Waals surface area contributed by atoms with Gasteiger partial charge in [0.15, 0.2) is 0 Å². The number of nitro groups is 1. The highest BCUT2D eigenvalue weighted by molar-refractivity contribution is 6.17. The van der Waals surface area contributed by atoms with Crippen LogP contribution in [0.3, 0.4) is 0 Å². The minimum atomic E-state index is -0.594. The lowest BCUT2D eigenvalue weighted by Crippen LogP contribution is -2.34. The normalized spacial score (nSPS) is 13.5. The fourth-order valence-corrected chi connectivity index (χ4v) is 2.61. The second-order valence-electron chi connectivity index (χ2n) is 5.68. The van der Waals surface area contributed by atoms with Gasteiger partial charge in [-0.1, -0.05) is 18.2 Å². The summed E-state index contributed by atoms with van der Waals surface area (Å²) in [5.41, 5.74) is 1.08. The third kappa shape index (κ3) is 3.93. The number of hydrogen-bond acceptors (Lipinski definition) is 7. The molecule has 0 radical (unpaired) electrons. The molecule has 0 aliphatic carbocycles. The van der Waals surface area contributed by atoms with Crippen LogP contribution in [0.4, 0.5) is 22.7 Å². The topological polar surface area (TPSA) is 125 Å². The number of nitro benzene ring substituents is 1. The summed E-state index contributed by atoms with van der Waals surface area (Å²) in [5.74, 6) is -1.14. The van der Waals surface area contributed by atoms with E-state index in [0.717, 1.165) is 11.0 Å². The molecule has 27 heavy (non-hydrogen) atoms. The number of rotatable bonds is 7. The van der Waals surface area contributed by atoms with Crippen molar-refractivity contribution in [3.63, 3.8) is 0 Å². The zero-order valence-corrected chi connectivity index (χ0v) is 14.1. The Morgan fingerprint density at radius 2 is 1.78 bits per heavy atom. The highest BCUT2D eigenvalue weighted by Gasteiger charge is 2.30. The largest absolute Gasteiger partial charge is 0.395 e. The van der Waals surface area contributed by atoms with Crippen molar-refractivity contribution >= 4 is 34.6 Å². The summed E-state index contributed by atoms with van der Waals surface area (Å²) in [4.78, 5) is 35.7. The summed E-state index contributed by atoms with van der Waals surface area (Å²) in [5, 5.41) is 26.0. The van der Waals surface area contributed by atoms with Gasteiger partial charge in [0.25, 0.3) is 17.5 Å². The molecule has 1 heterocycles. The highest BCUT2D eigenvalue weighted by Crippen LogP contribution is 2.31. The first-order chi connectivity index (χ1) is 13.0. The van der Waals surface area contributed by atoms with Crippen molar-refractivity contribution in [2.45, 2.75) is 0 Å². The van der Waals surface area contributed by atoms with E-state index in [1.54, 1.807) is 30.3 Å². The Morgan fingerprint density at radius 1 is 1.04 bits per heavy atom. The van der Waals surface area contributed by atoms with Gasteiger partial charge in [0.1, 0.15) is 11.4 Å². The summed E-state index contributed by atoms with van der Waals surface area (Å²) in [6, 6.07) is 13.3. The zero-order chi connectivity index (χ0) is 19.4. The third-order valence-corrected chi connectivity index (χ3v) is 3.86. The fourth-order valence-electron chi connectivity index (χ4n) is 2.61. The lowest BCUT2D eigenvalue weighted by Gasteiger charge is -2.14. The molecule has 0 unspecified atom stereocenters. The smallest absolute Gasteiger partial charge is 0.294 e. The summed E-state index contributed by atoms with van der Waals surface area (Å²) >= 11 is 0. The Hall–Kier alpha value is -3.72. The molecular weight excluding hydrogens is 352 g/mol. The Kier molecular flexibility index (Phi) is 5.13.